The number of aryl methyl sites for hydroxylation is 1. The Morgan fingerprint density at radius 2 is 1.40 bits per heavy atom. The largest absolute Gasteiger partial charge is 0.493 e. The lowest BCUT2D eigenvalue weighted by atomic mass is 9.87. The van der Waals surface area contributed by atoms with Gasteiger partial charge in [-0.25, -0.2) is 14.4 Å². The number of morpholine rings is 1. The molecule has 0 unspecified atom stereocenters. The van der Waals surface area contributed by atoms with Gasteiger partial charge in [-0.15, -0.1) is 0 Å². The van der Waals surface area contributed by atoms with Gasteiger partial charge in [-0.05, 0) is 124 Å². The van der Waals surface area contributed by atoms with Crippen LogP contribution in [0.25, 0.3) is 0 Å². The second-order valence-corrected chi connectivity index (χ2v) is 23.2. The van der Waals surface area contributed by atoms with E-state index in [0.29, 0.717) is 99.6 Å². The van der Waals surface area contributed by atoms with Crippen molar-refractivity contribution in [2.24, 2.45) is 5.41 Å². The monoisotopic (exact) mass is 1260 g/mol. The lowest BCUT2D eigenvalue weighted by molar-refractivity contribution is -0.165. The maximum absolute atomic E-state index is 14.7. The molecule has 488 valence electrons. The number of cyclic esters (lactones) is 2. The maximum Gasteiger partial charge on any atom is 0.415 e. The van der Waals surface area contributed by atoms with Crippen molar-refractivity contribution < 1.29 is 81.1 Å². The Kier molecular flexibility index (Phi) is 25.9. The van der Waals surface area contributed by atoms with Crippen molar-refractivity contribution in [2.75, 3.05) is 94.0 Å². The second kappa shape index (κ2) is 34.0. The number of rotatable bonds is 10. The third-order valence-electron chi connectivity index (χ3n) is 15.8. The standard InChI is InChI=1S/C67H83N7O17/c1-67(2)44-89-60(78)22-12-7-8-14-31-71(3)59(77)41-68-57(75)42-72(4)63(81)52(38-45-17-10-9-11-18-45)70-62(80)51(37-46-23-27-49(28-24-46)90-66(84)73-33-35-87-36-34-73)69-58(76)43-88-50-20-16-19-48(40-50)54(29-25-47-26-30-55(85-5)56(39-47)86-6)91-65(83)53-21-13-15-32-74(53)64(82)61(67)79/h9-12,16-20,22-24,26-28,30,39-40,51-54H,7-8,13-15,21,25,29,31-38,41-44H2,1-6H3,(H,68,75)(H,69,76)(H,70,80)/t51-,52+,53-,54+/m0/s1. The molecule has 4 aromatic rings. The number of amides is 7. The Balaban J connectivity index is 1.17. The molecule has 7 rings (SSSR count). The fourth-order valence-corrected chi connectivity index (χ4v) is 10.5. The van der Waals surface area contributed by atoms with Crippen molar-refractivity contribution in [3.8, 4) is 23.0 Å². The van der Waals surface area contributed by atoms with E-state index in [0.717, 1.165) is 10.5 Å². The zero-order valence-corrected chi connectivity index (χ0v) is 52.6. The second-order valence-electron chi connectivity index (χ2n) is 23.2. The number of methoxy groups -OCH3 is 2. The first-order valence-electron chi connectivity index (χ1n) is 30.6. The number of carbonyl (C=O) groups is 10. The van der Waals surface area contributed by atoms with E-state index in [1.54, 1.807) is 104 Å². The van der Waals surface area contributed by atoms with E-state index in [4.69, 9.17) is 33.2 Å². The van der Waals surface area contributed by atoms with Gasteiger partial charge < -0.3 is 68.7 Å². The number of benzene rings is 4. The van der Waals surface area contributed by atoms with E-state index in [1.807, 2.05) is 6.07 Å². The molecule has 0 aromatic heterocycles. The van der Waals surface area contributed by atoms with Gasteiger partial charge in [-0.2, -0.15) is 0 Å². The smallest absolute Gasteiger partial charge is 0.415 e. The van der Waals surface area contributed by atoms with Gasteiger partial charge in [0, 0.05) is 59.2 Å². The number of allylic oxidation sites excluding steroid dienone is 1. The van der Waals surface area contributed by atoms with Gasteiger partial charge in [0.25, 0.3) is 11.8 Å². The average Bonchev–Trinajstić information content (AvgIpc) is 1.36. The number of piperidine rings is 1. The number of hydrogen-bond acceptors (Lipinski definition) is 17. The minimum Gasteiger partial charge on any atom is -0.493 e. The fraction of sp³-hybridized carbons (Fsp3) is 0.463. The van der Waals surface area contributed by atoms with Crippen molar-refractivity contribution in [1.29, 1.82) is 0 Å². The molecule has 7 amide bonds. The van der Waals surface area contributed by atoms with Crippen LogP contribution >= 0.6 is 0 Å². The lowest BCUT2D eigenvalue weighted by Gasteiger charge is -2.36. The minimum absolute atomic E-state index is 0.0104. The first-order valence-corrected chi connectivity index (χ1v) is 30.6. The van der Waals surface area contributed by atoms with Crippen LogP contribution in [0, 0.1) is 5.41 Å². The Morgan fingerprint density at radius 3 is 2.13 bits per heavy atom. The van der Waals surface area contributed by atoms with Gasteiger partial charge in [-0.1, -0.05) is 66.7 Å². The summed E-state index contributed by atoms with van der Waals surface area (Å²) in [6.07, 6.45) is 4.60. The molecule has 91 heavy (non-hydrogen) atoms. The molecule has 4 atom stereocenters. The highest BCUT2D eigenvalue weighted by Crippen LogP contribution is 2.33. The quantitative estimate of drug-likeness (QED) is 0.141. The molecule has 24 heteroatoms. The summed E-state index contributed by atoms with van der Waals surface area (Å²) in [4.78, 5) is 143. The zero-order valence-electron chi connectivity index (χ0n) is 52.6. The SMILES string of the molecule is COc1ccc(CC[C@H]2OC(=O)[C@@H]3CCCCN3C(=O)C(=O)C(C)(C)COC(=O)C=CCCCCN(C)C(=O)CNC(=O)CN(C)C(=O)[C@@H](Cc3ccccc3)NC(=O)[C@H](Cc3ccc(OC(=O)N4CCOCC4)cc3)NC(=O)COc3cccc2c3)cc1OC. The first-order chi connectivity index (χ1) is 43.7. The van der Waals surface area contributed by atoms with E-state index in [1.165, 1.54) is 55.9 Å². The molecule has 3 N–H and O–H groups in total. The molecule has 3 aliphatic rings. The van der Waals surface area contributed by atoms with Crippen molar-refractivity contribution in [3.63, 3.8) is 0 Å². The normalized spacial score (nSPS) is 21.2. The van der Waals surface area contributed by atoms with Crippen molar-refractivity contribution in [1.82, 2.24) is 35.6 Å². The molecule has 0 saturated carbocycles. The van der Waals surface area contributed by atoms with E-state index < -0.39 is 109 Å². The van der Waals surface area contributed by atoms with E-state index in [9.17, 15) is 47.9 Å². The van der Waals surface area contributed by atoms with Gasteiger partial charge in [0.2, 0.25) is 29.4 Å². The highest BCUT2D eigenvalue weighted by Gasteiger charge is 2.43. The van der Waals surface area contributed by atoms with Crippen LogP contribution in [0.1, 0.15) is 87.2 Å². The number of Topliss-reactive ketones (excluding diaryl/α,β-unsaturated/α-hetero) is 1. The Labute approximate surface area is 530 Å². The van der Waals surface area contributed by atoms with Gasteiger partial charge >= 0.3 is 18.0 Å². The predicted molar refractivity (Wildman–Crippen MR) is 332 cm³/mol. The minimum atomic E-state index is -1.47. The lowest BCUT2D eigenvalue weighted by Crippen LogP contribution is -2.56. The molecule has 2 saturated heterocycles. The molecule has 0 aliphatic carbocycles. The Morgan fingerprint density at radius 1 is 0.692 bits per heavy atom. The molecular weight excluding hydrogens is 1170 g/mol. The number of likely N-dealkylation sites (N-methyl/N-ethyl adjacent to an activating group) is 2. The number of carbonyl (C=O) groups excluding carboxylic acids is 10. The molecular formula is C67H83N7O17. The summed E-state index contributed by atoms with van der Waals surface area (Å²) in [5.74, 6) is -5.02. The summed E-state index contributed by atoms with van der Waals surface area (Å²) in [5, 5.41) is 8.18. The number of ketones is 1. The predicted octanol–water partition coefficient (Wildman–Crippen LogP) is 4.88. The van der Waals surface area contributed by atoms with Crippen molar-refractivity contribution in [2.45, 2.75) is 102 Å². The molecule has 0 radical (unpaired) electrons. The summed E-state index contributed by atoms with van der Waals surface area (Å²) in [5.41, 5.74) is 1.02. The van der Waals surface area contributed by atoms with Crippen LogP contribution in [0.15, 0.2) is 109 Å². The van der Waals surface area contributed by atoms with Crippen LogP contribution in [0.4, 0.5) is 4.79 Å². The number of ether oxygens (including phenoxy) is 7. The Bertz CT molecular complexity index is 3220. The first kappa shape index (κ1) is 69.2. The zero-order chi connectivity index (χ0) is 65.5. The number of nitrogens with one attached hydrogen (secondary N) is 3. The van der Waals surface area contributed by atoms with Crippen molar-refractivity contribution >= 4 is 59.3 Å². The number of nitrogens with zero attached hydrogens (tertiary/aromatic N) is 4. The van der Waals surface area contributed by atoms with E-state index in [2.05, 4.69) is 16.0 Å². The van der Waals surface area contributed by atoms with Crippen molar-refractivity contribution in [3.05, 3.63) is 131 Å². The topological polar surface area (TPSA) is 284 Å². The highest BCUT2D eigenvalue weighted by atomic mass is 16.6. The number of esters is 2. The summed E-state index contributed by atoms with van der Waals surface area (Å²) in [6.45, 7) is 3.00. The van der Waals surface area contributed by atoms with E-state index >= 15 is 0 Å². The van der Waals surface area contributed by atoms with Crippen LogP contribution in [0.5, 0.6) is 23.0 Å². The molecule has 2 bridgehead atoms. The van der Waals surface area contributed by atoms with Crippen LogP contribution in [0.2, 0.25) is 0 Å². The fourth-order valence-electron chi connectivity index (χ4n) is 10.5. The van der Waals surface area contributed by atoms with Gasteiger partial charge in [-0.3, -0.25) is 33.6 Å². The summed E-state index contributed by atoms with van der Waals surface area (Å²) in [7, 11) is 6.01. The Hall–Kier alpha value is -9.32. The third-order valence-corrected chi connectivity index (χ3v) is 15.8. The van der Waals surface area contributed by atoms with Crippen LogP contribution in [-0.4, -0.2) is 191 Å². The molecule has 3 heterocycles. The summed E-state index contributed by atoms with van der Waals surface area (Å²) < 4.78 is 39.9. The van der Waals surface area contributed by atoms with Gasteiger partial charge in [0.1, 0.15) is 42.3 Å². The molecule has 3 aliphatic heterocycles. The van der Waals surface area contributed by atoms with Crippen LogP contribution in [-0.2, 0) is 76.6 Å². The maximum atomic E-state index is 14.7. The molecule has 24 nitrogen and oxygen atoms in total. The van der Waals surface area contributed by atoms with Gasteiger partial charge in [0.05, 0.1) is 45.9 Å². The number of hydrogen-bond donors (Lipinski definition) is 3. The van der Waals surface area contributed by atoms with Crippen LogP contribution in [0.3, 0.4) is 0 Å². The summed E-state index contributed by atoms with van der Waals surface area (Å²) >= 11 is 0. The average molecular weight is 1260 g/mol. The van der Waals surface area contributed by atoms with Crippen LogP contribution < -0.4 is 34.9 Å². The number of fused-ring (bicyclic) bond motifs is 3. The third kappa shape index (κ3) is 20.9. The molecule has 4 aromatic carbocycles. The summed E-state index contributed by atoms with van der Waals surface area (Å²) in [6, 6.07) is 23.5. The highest BCUT2D eigenvalue weighted by molar-refractivity contribution is 6.38. The molecule has 2 fully saturated rings. The molecule has 0 spiro atoms. The van der Waals surface area contributed by atoms with Gasteiger partial charge in [0.15, 0.2) is 18.1 Å². The van der Waals surface area contributed by atoms with E-state index in [-0.39, 0.29) is 50.3 Å².